The topological polar surface area (TPSA) is 15.3 Å². The molecular formula is C15H22ClFN2. The molecule has 1 aliphatic rings. The second-order valence-electron chi connectivity index (χ2n) is 5.28. The first-order valence-corrected chi connectivity index (χ1v) is 7.44. The number of benzene rings is 1. The quantitative estimate of drug-likeness (QED) is 0.892. The van der Waals surface area contributed by atoms with Crippen LogP contribution in [-0.4, -0.2) is 31.1 Å². The van der Waals surface area contributed by atoms with Gasteiger partial charge < -0.3 is 5.32 Å². The molecule has 1 heterocycles. The number of hydrogen-bond acceptors (Lipinski definition) is 2. The average Bonchev–Trinajstić information content (AvgIpc) is 2.42. The van der Waals surface area contributed by atoms with Crippen molar-refractivity contribution >= 4 is 11.6 Å². The van der Waals surface area contributed by atoms with E-state index < -0.39 is 0 Å². The summed E-state index contributed by atoms with van der Waals surface area (Å²) in [5.74, 6) is 0.461. The van der Waals surface area contributed by atoms with Gasteiger partial charge in [-0.1, -0.05) is 24.6 Å². The molecule has 1 aromatic rings. The largest absolute Gasteiger partial charge is 0.317 e. The van der Waals surface area contributed by atoms with E-state index in [1.165, 1.54) is 18.9 Å². The number of nitrogens with one attached hydrogen (secondary N) is 1. The molecule has 0 spiro atoms. The number of piperidine rings is 1. The van der Waals surface area contributed by atoms with Gasteiger partial charge in [0.15, 0.2) is 0 Å². The molecule has 2 rings (SSSR count). The maximum absolute atomic E-state index is 13.1. The van der Waals surface area contributed by atoms with Crippen LogP contribution in [0, 0.1) is 11.7 Å². The van der Waals surface area contributed by atoms with Crippen LogP contribution in [0.25, 0.3) is 0 Å². The van der Waals surface area contributed by atoms with Crippen molar-refractivity contribution in [1.29, 1.82) is 0 Å². The van der Waals surface area contributed by atoms with Crippen molar-refractivity contribution in [2.45, 2.75) is 26.3 Å². The van der Waals surface area contributed by atoms with Crippen molar-refractivity contribution in [2.75, 3.05) is 26.2 Å². The van der Waals surface area contributed by atoms with E-state index in [2.05, 4.69) is 17.1 Å². The van der Waals surface area contributed by atoms with E-state index in [9.17, 15) is 4.39 Å². The first-order chi connectivity index (χ1) is 9.19. The predicted octanol–water partition coefficient (Wildman–Crippen LogP) is 3.30. The molecule has 1 saturated heterocycles. The van der Waals surface area contributed by atoms with Crippen LogP contribution in [0.3, 0.4) is 0 Å². The minimum Gasteiger partial charge on any atom is -0.317 e. The molecular weight excluding hydrogens is 263 g/mol. The lowest BCUT2D eigenvalue weighted by Crippen LogP contribution is -2.36. The van der Waals surface area contributed by atoms with Gasteiger partial charge in [0, 0.05) is 6.54 Å². The molecule has 0 aliphatic carbocycles. The Bertz CT molecular complexity index is 403. The number of rotatable bonds is 5. The van der Waals surface area contributed by atoms with Crippen LogP contribution in [0.2, 0.25) is 5.02 Å². The highest BCUT2D eigenvalue weighted by molar-refractivity contribution is 6.30. The van der Waals surface area contributed by atoms with Crippen molar-refractivity contribution < 1.29 is 4.39 Å². The Labute approximate surface area is 119 Å². The molecule has 4 heteroatoms. The smallest absolute Gasteiger partial charge is 0.141 e. The van der Waals surface area contributed by atoms with Crippen LogP contribution in [0.4, 0.5) is 4.39 Å². The van der Waals surface area contributed by atoms with Crippen molar-refractivity contribution in [2.24, 2.45) is 5.92 Å². The van der Waals surface area contributed by atoms with Gasteiger partial charge >= 0.3 is 0 Å². The lowest BCUT2D eigenvalue weighted by atomic mass is 9.96. The molecule has 0 radical (unpaired) electrons. The summed E-state index contributed by atoms with van der Waals surface area (Å²) < 4.78 is 13.1. The van der Waals surface area contributed by atoms with E-state index >= 15 is 0 Å². The normalized spacial score (nSPS) is 17.8. The molecule has 2 nitrogen and oxygen atoms in total. The van der Waals surface area contributed by atoms with Gasteiger partial charge in [0.1, 0.15) is 5.82 Å². The number of likely N-dealkylation sites (tertiary alicyclic amines) is 1. The maximum Gasteiger partial charge on any atom is 0.141 e. The molecule has 19 heavy (non-hydrogen) atoms. The van der Waals surface area contributed by atoms with Crippen LogP contribution in [0.5, 0.6) is 0 Å². The third-order valence-electron chi connectivity index (χ3n) is 3.78. The monoisotopic (exact) mass is 284 g/mol. The molecule has 0 amide bonds. The first-order valence-electron chi connectivity index (χ1n) is 7.06. The summed E-state index contributed by atoms with van der Waals surface area (Å²) in [5, 5.41) is 3.64. The fourth-order valence-electron chi connectivity index (χ4n) is 2.59. The van der Waals surface area contributed by atoms with Crippen LogP contribution < -0.4 is 5.32 Å². The van der Waals surface area contributed by atoms with Gasteiger partial charge in [-0.05, 0) is 62.6 Å². The van der Waals surface area contributed by atoms with Crippen LogP contribution in [0.15, 0.2) is 18.2 Å². The van der Waals surface area contributed by atoms with Gasteiger partial charge in [0.05, 0.1) is 5.02 Å². The average molecular weight is 285 g/mol. The summed E-state index contributed by atoms with van der Waals surface area (Å²) in [6, 6.07) is 5.02. The highest BCUT2D eigenvalue weighted by atomic mass is 35.5. The van der Waals surface area contributed by atoms with Crippen molar-refractivity contribution in [3.05, 3.63) is 34.6 Å². The third kappa shape index (κ3) is 4.44. The van der Waals surface area contributed by atoms with Gasteiger partial charge in [0.25, 0.3) is 0 Å². The maximum atomic E-state index is 13.1. The molecule has 1 N–H and O–H groups in total. The zero-order valence-corrected chi connectivity index (χ0v) is 12.2. The minimum absolute atomic E-state index is 0.222. The van der Waals surface area contributed by atoms with Crippen LogP contribution >= 0.6 is 11.6 Å². The Kier molecular flexibility index (Phi) is 5.61. The van der Waals surface area contributed by atoms with Gasteiger partial charge in [-0.15, -0.1) is 0 Å². The standard InChI is InChI=1S/C15H22ClFN2/c1-2-18-10-12-5-7-19(8-6-12)11-13-3-4-15(17)14(16)9-13/h3-4,9,12,18H,2,5-8,10-11H2,1H3. The summed E-state index contributed by atoms with van der Waals surface area (Å²) in [6.45, 7) is 7.43. The number of hydrogen-bond donors (Lipinski definition) is 1. The second kappa shape index (κ2) is 7.22. The Morgan fingerprint density at radius 3 is 2.74 bits per heavy atom. The second-order valence-corrected chi connectivity index (χ2v) is 5.68. The fraction of sp³-hybridized carbons (Fsp3) is 0.600. The Balaban J connectivity index is 1.80. The van der Waals surface area contributed by atoms with Crippen molar-refractivity contribution in [3.8, 4) is 0 Å². The van der Waals surface area contributed by atoms with Crippen LogP contribution in [0.1, 0.15) is 25.3 Å². The first kappa shape index (κ1) is 14.8. The molecule has 1 fully saturated rings. The molecule has 0 unspecified atom stereocenters. The third-order valence-corrected chi connectivity index (χ3v) is 4.07. The number of halogens is 2. The lowest BCUT2D eigenvalue weighted by molar-refractivity contribution is 0.176. The number of nitrogens with zero attached hydrogens (tertiary/aromatic N) is 1. The zero-order valence-electron chi connectivity index (χ0n) is 11.5. The van der Waals surface area contributed by atoms with E-state index in [1.807, 2.05) is 6.07 Å². The van der Waals surface area contributed by atoms with Gasteiger partial charge in [-0.2, -0.15) is 0 Å². The highest BCUT2D eigenvalue weighted by Crippen LogP contribution is 2.21. The molecule has 0 saturated carbocycles. The fourth-order valence-corrected chi connectivity index (χ4v) is 2.80. The summed E-state index contributed by atoms with van der Waals surface area (Å²) in [5.41, 5.74) is 1.09. The molecule has 0 aromatic heterocycles. The zero-order chi connectivity index (χ0) is 13.7. The Hall–Kier alpha value is -0.640. The lowest BCUT2D eigenvalue weighted by Gasteiger charge is -2.32. The molecule has 0 atom stereocenters. The van der Waals surface area contributed by atoms with Crippen LogP contribution in [-0.2, 0) is 6.54 Å². The summed E-state index contributed by atoms with van der Waals surface area (Å²) in [7, 11) is 0. The van der Waals surface area contributed by atoms with Gasteiger partial charge in [-0.25, -0.2) is 4.39 Å². The summed E-state index contributed by atoms with van der Waals surface area (Å²) >= 11 is 5.81. The molecule has 106 valence electrons. The van der Waals surface area contributed by atoms with E-state index in [0.717, 1.165) is 44.2 Å². The van der Waals surface area contributed by atoms with Gasteiger partial charge in [0.2, 0.25) is 0 Å². The summed E-state index contributed by atoms with van der Waals surface area (Å²) in [6.07, 6.45) is 2.48. The van der Waals surface area contributed by atoms with E-state index in [1.54, 1.807) is 6.07 Å². The molecule has 0 bridgehead atoms. The van der Waals surface area contributed by atoms with Gasteiger partial charge in [-0.3, -0.25) is 4.90 Å². The Morgan fingerprint density at radius 1 is 1.37 bits per heavy atom. The molecule has 1 aromatic carbocycles. The van der Waals surface area contributed by atoms with E-state index in [4.69, 9.17) is 11.6 Å². The summed E-state index contributed by atoms with van der Waals surface area (Å²) in [4.78, 5) is 2.42. The van der Waals surface area contributed by atoms with E-state index in [-0.39, 0.29) is 10.8 Å². The highest BCUT2D eigenvalue weighted by Gasteiger charge is 2.18. The van der Waals surface area contributed by atoms with E-state index in [0.29, 0.717) is 0 Å². The predicted molar refractivity (Wildman–Crippen MR) is 78.0 cm³/mol. The Morgan fingerprint density at radius 2 is 2.11 bits per heavy atom. The minimum atomic E-state index is -0.338. The van der Waals surface area contributed by atoms with Crippen molar-refractivity contribution in [1.82, 2.24) is 10.2 Å². The SMILES string of the molecule is CCNCC1CCN(Cc2ccc(F)c(Cl)c2)CC1. The van der Waals surface area contributed by atoms with Crippen molar-refractivity contribution in [3.63, 3.8) is 0 Å². The molecule has 1 aliphatic heterocycles.